The molecule has 0 amide bonds. The summed E-state index contributed by atoms with van der Waals surface area (Å²) in [4.78, 5) is 14.6. The van der Waals surface area contributed by atoms with E-state index in [9.17, 15) is 10.1 Å². The number of hydrogen-bond donors (Lipinski definition) is 1. The highest BCUT2D eigenvalue weighted by atomic mass is 35.5. The highest BCUT2D eigenvalue weighted by molar-refractivity contribution is 6.33. The monoisotopic (exact) mass is 294 g/mol. The van der Waals surface area contributed by atoms with Crippen molar-refractivity contribution in [2.45, 2.75) is 19.9 Å². The van der Waals surface area contributed by atoms with Crippen LogP contribution < -0.4 is 5.32 Å². The molecule has 6 nitrogen and oxygen atoms in total. The predicted molar refractivity (Wildman–Crippen MR) is 78.1 cm³/mol. The first kappa shape index (κ1) is 14.3. The minimum absolute atomic E-state index is 0.0359. The number of nitro benzene ring substituents is 1. The molecule has 0 spiro atoms. The van der Waals surface area contributed by atoms with Crippen molar-refractivity contribution in [3.05, 3.63) is 51.1 Å². The van der Waals surface area contributed by atoms with Crippen molar-refractivity contribution in [3.63, 3.8) is 0 Å². The van der Waals surface area contributed by atoms with Crippen molar-refractivity contribution in [1.29, 1.82) is 0 Å². The minimum atomic E-state index is -0.485. The third kappa shape index (κ3) is 2.75. The van der Waals surface area contributed by atoms with E-state index in [1.54, 1.807) is 19.2 Å². The molecule has 0 saturated heterocycles. The van der Waals surface area contributed by atoms with Gasteiger partial charge in [0.2, 0.25) is 0 Å². The van der Waals surface area contributed by atoms with E-state index >= 15 is 0 Å². The van der Waals surface area contributed by atoms with E-state index in [4.69, 9.17) is 11.6 Å². The number of aromatic nitrogens is 2. The lowest BCUT2D eigenvalue weighted by atomic mass is 10.1. The molecule has 1 aromatic heterocycles. The second-order valence-corrected chi connectivity index (χ2v) is 5.05. The molecule has 20 heavy (non-hydrogen) atoms. The van der Waals surface area contributed by atoms with E-state index in [-0.39, 0.29) is 16.8 Å². The first-order valence-corrected chi connectivity index (χ1v) is 6.46. The van der Waals surface area contributed by atoms with Gasteiger partial charge in [-0.15, -0.1) is 0 Å². The van der Waals surface area contributed by atoms with Gasteiger partial charge in [-0.05, 0) is 25.5 Å². The van der Waals surface area contributed by atoms with Crippen LogP contribution in [0.15, 0.2) is 24.5 Å². The van der Waals surface area contributed by atoms with Gasteiger partial charge >= 0.3 is 0 Å². The Hall–Kier alpha value is -2.08. The van der Waals surface area contributed by atoms with Crippen LogP contribution in [0.25, 0.3) is 0 Å². The van der Waals surface area contributed by atoms with Gasteiger partial charge in [-0.1, -0.05) is 11.6 Å². The van der Waals surface area contributed by atoms with Crippen LogP contribution in [-0.4, -0.2) is 14.5 Å². The van der Waals surface area contributed by atoms with Crippen LogP contribution in [0.2, 0.25) is 5.02 Å². The van der Waals surface area contributed by atoms with Crippen molar-refractivity contribution in [1.82, 2.24) is 9.55 Å². The molecular weight excluding hydrogens is 280 g/mol. The molecule has 106 valence electrons. The lowest BCUT2D eigenvalue weighted by molar-refractivity contribution is -0.384. The van der Waals surface area contributed by atoms with Gasteiger partial charge in [0, 0.05) is 31.2 Å². The Bertz CT molecular complexity index is 654. The number of hydrogen-bond acceptors (Lipinski definition) is 4. The lowest BCUT2D eigenvalue weighted by Crippen LogP contribution is -2.12. The summed E-state index contributed by atoms with van der Waals surface area (Å²) in [5, 5.41) is 14.2. The number of nitrogens with one attached hydrogen (secondary N) is 1. The van der Waals surface area contributed by atoms with Gasteiger partial charge < -0.3 is 9.88 Å². The van der Waals surface area contributed by atoms with Gasteiger partial charge in [-0.2, -0.15) is 0 Å². The maximum atomic E-state index is 10.8. The topological polar surface area (TPSA) is 73.0 Å². The third-order valence-corrected chi connectivity index (χ3v) is 3.41. The van der Waals surface area contributed by atoms with E-state index in [1.807, 2.05) is 24.7 Å². The van der Waals surface area contributed by atoms with Gasteiger partial charge in [0.05, 0.1) is 11.0 Å². The summed E-state index contributed by atoms with van der Waals surface area (Å²) in [6, 6.07) is 3.01. The fraction of sp³-hybridized carbons (Fsp3) is 0.308. The maximum Gasteiger partial charge on any atom is 0.288 e. The molecule has 0 aliphatic carbocycles. The molecule has 2 rings (SSSR count). The summed E-state index contributed by atoms with van der Waals surface area (Å²) in [5.41, 5.74) is 1.44. The smallest absolute Gasteiger partial charge is 0.288 e. The molecule has 7 heteroatoms. The number of benzene rings is 1. The van der Waals surface area contributed by atoms with E-state index in [2.05, 4.69) is 10.3 Å². The van der Waals surface area contributed by atoms with Crippen LogP contribution in [0.5, 0.6) is 0 Å². The molecule has 0 bridgehead atoms. The largest absolute Gasteiger partial charge is 0.375 e. The van der Waals surface area contributed by atoms with Crippen LogP contribution in [0.1, 0.15) is 24.4 Å². The molecule has 0 radical (unpaired) electrons. The molecular formula is C13H15ClN4O2. The van der Waals surface area contributed by atoms with Crippen molar-refractivity contribution in [2.24, 2.45) is 7.05 Å². The van der Waals surface area contributed by atoms with Crippen LogP contribution in [-0.2, 0) is 7.05 Å². The second-order valence-electron chi connectivity index (χ2n) is 4.64. The van der Waals surface area contributed by atoms with Crippen molar-refractivity contribution in [3.8, 4) is 0 Å². The number of halogens is 1. The standard InChI is InChI=1S/C13H15ClN4O2/c1-8-6-12(18(19)20)10(14)7-11(8)16-9(2)13-15-4-5-17(13)3/h4-7,9,16H,1-3H3. The van der Waals surface area contributed by atoms with Gasteiger partial charge in [0.15, 0.2) is 0 Å². The molecule has 1 aromatic carbocycles. The average Bonchev–Trinajstić information content (AvgIpc) is 2.79. The highest BCUT2D eigenvalue weighted by Crippen LogP contribution is 2.32. The fourth-order valence-electron chi connectivity index (χ4n) is 2.05. The molecule has 0 aliphatic rings. The summed E-state index contributed by atoms with van der Waals surface area (Å²) < 4.78 is 1.92. The number of imidazole rings is 1. The number of nitrogens with zero attached hydrogens (tertiary/aromatic N) is 3. The molecule has 2 aromatic rings. The van der Waals surface area contributed by atoms with E-state index in [1.165, 1.54) is 6.07 Å². The molecule has 1 atom stereocenters. The Morgan fingerprint density at radius 2 is 2.20 bits per heavy atom. The maximum absolute atomic E-state index is 10.8. The summed E-state index contributed by atoms with van der Waals surface area (Å²) in [6.45, 7) is 3.77. The number of anilines is 1. The Morgan fingerprint density at radius 1 is 1.50 bits per heavy atom. The molecule has 1 N–H and O–H groups in total. The normalized spacial score (nSPS) is 12.2. The Morgan fingerprint density at radius 3 is 2.75 bits per heavy atom. The number of aryl methyl sites for hydroxylation is 2. The van der Waals surface area contributed by atoms with Gasteiger partial charge in [0.25, 0.3) is 5.69 Å². The first-order valence-electron chi connectivity index (χ1n) is 6.08. The van der Waals surface area contributed by atoms with Gasteiger partial charge in [-0.3, -0.25) is 10.1 Å². The van der Waals surface area contributed by atoms with Crippen LogP contribution in [0.3, 0.4) is 0 Å². The number of nitro groups is 1. The predicted octanol–water partition coefficient (Wildman–Crippen LogP) is 3.46. The van der Waals surface area contributed by atoms with E-state index in [0.29, 0.717) is 0 Å². The SMILES string of the molecule is Cc1cc([N+](=O)[O-])c(Cl)cc1NC(C)c1nccn1C. The Kier molecular flexibility index (Phi) is 3.94. The van der Waals surface area contributed by atoms with Crippen molar-refractivity contribution in [2.75, 3.05) is 5.32 Å². The van der Waals surface area contributed by atoms with Crippen molar-refractivity contribution >= 4 is 23.0 Å². The molecule has 1 unspecified atom stereocenters. The van der Waals surface area contributed by atoms with E-state index in [0.717, 1.165) is 17.1 Å². The number of rotatable bonds is 4. The highest BCUT2D eigenvalue weighted by Gasteiger charge is 2.17. The first-order chi connectivity index (χ1) is 9.40. The summed E-state index contributed by atoms with van der Waals surface area (Å²) >= 11 is 5.93. The Balaban J connectivity index is 2.28. The molecule has 0 aliphatic heterocycles. The zero-order valence-corrected chi connectivity index (χ0v) is 12.2. The summed E-state index contributed by atoms with van der Waals surface area (Å²) in [6.07, 6.45) is 3.59. The van der Waals surface area contributed by atoms with E-state index < -0.39 is 4.92 Å². The van der Waals surface area contributed by atoms with Crippen LogP contribution in [0, 0.1) is 17.0 Å². The lowest BCUT2D eigenvalue weighted by Gasteiger charge is -2.17. The fourth-order valence-corrected chi connectivity index (χ4v) is 2.29. The summed E-state index contributed by atoms with van der Waals surface area (Å²) in [5.74, 6) is 0.874. The molecule has 1 heterocycles. The minimum Gasteiger partial charge on any atom is -0.375 e. The third-order valence-electron chi connectivity index (χ3n) is 3.11. The second kappa shape index (κ2) is 5.50. The zero-order valence-electron chi connectivity index (χ0n) is 11.4. The quantitative estimate of drug-likeness (QED) is 0.692. The van der Waals surface area contributed by atoms with Gasteiger partial charge in [0.1, 0.15) is 10.8 Å². The molecule has 0 saturated carbocycles. The van der Waals surface area contributed by atoms with Gasteiger partial charge in [-0.25, -0.2) is 4.98 Å². The molecule has 0 fully saturated rings. The summed E-state index contributed by atoms with van der Waals surface area (Å²) in [7, 11) is 1.91. The zero-order chi connectivity index (χ0) is 14.9. The Labute approximate surface area is 121 Å². The van der Waals surface area contributed by atoms with Crippen LogP contribution in [0.4, 0.5) is 11.4 Å². The van der Waals surface area contributed by atoms with Crippen LogP contribution >= 0.6 is 11.6 Å². The van der Waals surface area contributed by atoms with Crippen molar-refractivity contribution < 1.29 is 4.92 Å². The average molecular weight is 295 g/mol.